The first-order valence-electron chi connectivity index (χ1n) is 6.04. The molecular formula is C12H23NO3. The zero-order chi connectivity index (χ0) is 12.6. The van der Waals surface area contributed by atoms with E-state index in [1.807, 2.05) is 18.7 Å². The lowest BCUT2D eigenvalue weighted by atomic mass is 10.1. The minimum absolute atomic E-state index is 0.0369. The molecule has 0 aliphatic carbocycles. The van der Waals surface area contributed by atoms with Crippen LogP contribution in [0.5, 0.6) is 0 Å². The Balaban J connectivity index is 4.25. The molecule has 0 aliphatic heterocycles. The number of carbonyl (C=O) groups excluding carboxylic acids is 1. The molecule has 0 fully saturated rings. The highest BCUT2D eigenvalue weighted by atomic mass is 16.4. The average molecular weight is 229 g/mol. The molecule has 1 atom stereocenters. The van der Waals surface area contributed by atoms with Crippen LogP contribution in [0.1, 0.15) is 52.9 Å². The monoisotopic (exact) mass is 229 g/mol. The van der Waals surface area contributed by atoms with Gasteiger partial charge < -0.3 is 10.0 Å². The maximum Gasteiger partial charge on any atom is 0.303 e. The minimum atomic E-state index is -0.909. The minimum Gasteiger partial charge on any atom is -0.481 e. The van der Waals surface area contributed by atoms with E-state index in [1.54, 1.807) is 0 Å². The fourth-order valence-corrected chi connectivity index (χ4v) is 1.50. The van der Waals surface area contributed by atoms with Gasteiger partial charge in [-0.3, -0.25) is 9.59 Å². The van der Waals surface area contributed by atoms with Gasteiger partial charge in [0.2, 0.25) is 5.91 Å². The van der Waals surface area contributed by atoms with E-state index >= 15 is 0 Å². The lowest BCUT2D eigenvalue weighted by Gasteiger charge is -2.28. The standard InChI is InChI=1S/C12H23NO3/c1-4-6-9-13(10(3)5-2)11(14)7-8-12(15)16/h10H,4-9H2,1-3H3,(H,15,16). The van der Waals surface area contributed by atoms with Crippen LogP contribution >= 0.6 is 0 Å². The first-order valence-corrected chi connectivity index (χ1v) is 6.04. The van der Waals surface area contributed by atoms with E-state index in [-0.39, 0.29) is 24.8 Å². The first-order chi connectivity index (χ1) is 7.52. The van der Waals surface area contributed by atoms with Crippen LogP contribution in [0.3, 0.4) is 0 Å². The number of rotatable bonds is 8. The van der Waals surface area contributed by atoms with Gasteiger partial charge in [0, 0.05) is 19.0 Å². The quantitative estimate of drug-likeness (QED) is 0.694. The van der Waals surface area contributed by atoms with Gasteiger partial charge in [-0.1, -0.05) is 20.3 Å². The molecule has 94 valence electrons. The van der Waals surface area contributed by atoms with Crippen molar-refractivity contribution < 1.29 is 14.7 Å². The maximum atomic E-state index is 11.8. The van der Waals surface area contributed by atoms with Crippen molar-refractivity contribution in [1.82, 2.24) is 4.90 Å². The van der Waals surface area contributed by atoms with E-state index in [4.69, 9.17) is 5.11 Å². The van der Waals surface area contributed by atoms with Gasteiger partial charge in [0.25, 0.3) is 0 Å². The molecular weight excluding hydrogens is 206 g/mol. The summed E-state index contributed by atoms with van der Waals surface area (Å²) in [5, 5.41) is 8.55. The third-order valence-electron chi connectivity index (χ3n) is 2.75. The largest absolute Gasteiger partial charge is 0.481 e. The van der Waals surface area contributed by atoms with E-state index in [9.17, 15) is 9.59 Å². The number of carbonyl (C=O) groups is 2. The van der Waals surface area contributed by atoms with Crippen molar-refractivity contribution in [2.75, 3.05) is 6.54 Å². The molecule has 16 heavy (non-hydrogen) atoms. The number of nitrogens with zero attached hydrogens (tertiary/aromatic N) is 1. The van der Waals surface area contributed by atoms with Crippen molar-refractivity contribution in [2.24, 2.45) is 0 Å². The summed E-state index contributed by atoms with van der Waals surface area (Å²) in [6.45, 7) is 6.86. The van der Waals surface area contributed by atoms with Gasteiger partial charge in [-0.05, 0) is 19.8 Å². The smallest absolute Gasteiger partial charge is 0.303 e. The first kappa shape index (κ1) is 14.9. The molecule has 0 aliphatic rings. The molecule has 0 radical (unpaired) electrons. The average Bonchev–Trinajstić information content (AvgIpc) is 2.26. The number of hydrogen-bond donors (Lipinski definition) is 1. The molecule has 0 spiro atoms. The zero-order valence-corrected chi connectivity index (χ0v) is 10.5. The van der Waals surface area contributed by atoms with Gasteiger partial charge in [-0.15, -0.1) is 0 Å². The molecule has 0 aromatic carbocycles. The lowest BCUT2D eigenvalue weighted by molar-refractivity contribution is -0.141. The van der Waals surface area contributed by atoms with Crippen molar-refractivity contribution in [3.63, 3.8) is 0 Å². The normalized spacial score (nSPS) is 12.2. The van der Waals surface area contributed by atoms with Gasteiger partial charge in [0.15, 0.2) is 0 Å². The maximum absolute atomic E-state index is 11.8. The van der Waals surface area contributed by atoms with E-state index in [0.29, 0.717) is 0 Å². The van der Waals surface area contributed by atoms with Gasteiger partial charge in [-0.25, -0.2) is 0 Å². The summed E-state index contributed by atoms with van der Waals surface area (Å²) in [6.07, 6.45) is 2.96. The molecule has 4 nitrogen and oxygen atoms in total. The second-order valence-electron chi connectivity index (χ2n) is 4.09. The van der Waals surface area contributed by atoms with Crippen LogP contribution in [0.4, 0.5) is 0 Å². The Hall–Kier alpha value is -1.06. The summed E-state index contributed by atoms with van der Waals surface area (Å²) in [4.78, 5) is 24.0. The predicted octanol–water partition coefficient (Wildman–Crippen LogP) is 2.28. The Morgan fingerprint density at radius 1 is 1.25 bits per heavy atom. The van der Waals surface area contributed by atoms with Crippen molar-refractivity contribution in [3.05, 3.63) is 0 Å². The molecule has 0 aromatic heterocycles. The third kappa shape index (κ3) is 5.73. The Morgan fingerprint density at radius 3 is 2.31 bits per heavy atom. The van der Waals surface area contributed by atoms with Gasteiger partial charge in [-0.2, -0.15) is 0 Å². The SMILES string of the molecule is CCCCN(C(=O)CCC(=O)O)C(C)CC. The number of aliphatic carboxylic acids is 1. The molecule has 4 heteroatoms. The number of amides is 1. The molecule has 1 N–H and O–H groups in total. The second-order valence-corrected chi connectivity index (χ2v) is 4.09. The van der Waals surface area contributed by atoms with E-state index in [1.165, 1.54) is 0 Å². The molecule has 0 saturated heterocycles. The second kappa shape index (κ2) is 8.13. The van der Waals surface area contributed by atoms with E-state index < -0.39 is 5.97 Å². The predicted molar refractivity (Wildman–Crippen MR) is 63.2 cm³/mol. The zero-order valence-electron chi connectivity index (χ0n) is 10.5. The molecule has 0 rings (SSSR count). The van der Waals surface area contributed by atoms with Crippen molar-refractivity contribution in [3.8, 4) is 0 Å². The number of hydrogen-bond acceptors (Lipinski definition) is 2. The van der Waals surface area contributed by atoms with E-state index in [2.05, 4.69) is 6.92 Å². The molecule has 0 aromatic rings. The van der Waals surface area contributed by atoms with Crippen molar-refractivity contribution in [2.45, 2.75) is 58.9 Å². The van der Waals surface area contributed by atoms with Crippen LogP contribution < -0.4 is 0 Å². The highest BCUT2D eigenvalue weighted by molar-refractivity contribution is 5.80. The summed E-state index contributed by atoms with van der Waals surface area (Å²) in [5.41, 5.74) is 0. The summed E-state index contributed by atoms with van der Waals surface area (Å²) in [5.74, 6) is -0.946. The molecule has 0 saturated carbocycles. The van der Waals surface area contributed by atoms with E-state index in [0.717, 1.165) is 25.8 Å². The van der Waals surface area contributed by atoms with Gasteiger partial charge in [0.05, 0.1) is 6.42 Å². The van der Waals surface area contributed by atoms with Crippen molar-refractivity contribution in [1.29, 1.82) is 0 Å². The van der Waals surface area contributed by atoms with Crippen LogP contribution in [0, 0.1) is 0 Å². The van der Waals surface area contributed by atoms with Crippen LogP contribution in [-0.4, -0.2) is 34.5 Å². The molecule has 1 unspecified atom stereocenters. The fourth-order valence-electron chi connectivity index (χ4n) is 1.50. The third-order valence-corrected chi connectivity index (χ3v) is 2.75. The summed E-state index contributed by atoms with van der Waals surface area (Å²) in [6, 6.07) is 0.202. The van der Waals surface area contributed by atoms with Crippen LogP contribution in [0.2, 0.25) is 0 Å². The molecule has 0 bridgehead atoms. The topological polar surface area (TPSA) is 57.6 Å². The highest BCUT2D eigenvalue weighted by Crippen LogP contribution is 2.09. The highest BCUT2D eigenvalue weighted by Gasteiger charge is 2.18. The summed E-state index contributed by atoms with van der Waals surface area (Å²) >= 11 is 0. The van der Waals surface area contributed by atoms with Gasteiger partial charge >= 0.3 is 5.97 Å². The Bertz CT molecular complexity index is 228. The summed E-state index contributed by atoms with van der Waals surface area (Å²) in [7, 11) is 0. The van der Waals surface area contributed by atoms with Crippen LogP contribution in [0.15, 0.2) is 0 Å². The Labute approximate surface area is 97.6 Å². The Kier molecular flexibility index (Phi) is 7.60. The fraction of sp³-hybridized carbons (Fsp3) is 0.833. The lowest BCUT2D eigenvalue weighted by Crippen LogP contribution is -2.39. The number of carboxylic acid groups (broad SMARTS) is 1. The number of unbranched alkanes of at least 4 members (excludes halogenated alkanes) is 1. The summed E-state index contributed by atoms with van der Waals surface area (Å²) < 4.78 is 0. The number of carboxylic acids is 1. The molecule has 0 heterocycles. The van der Waals surface area contributed by atoms with Crippen LogP contribution in [0.25, 0.3) is 0 Å². The Morgan fingerprint density at radius 2 is 1.88 bits per heavy atom. The van der Waals surface area contributed by atoms with Crippen molar-refractivity contribution >= 4 is 11.9 Å². The van der Waals surface area contributed by atoms with Crippen LogP contribution in [-0.2, 0) is 9.59 Å². The molecule has 1 amide bonds. The van der Waals surface area contributed by atoms with Gasteiger partial charge in [0.1, 0.15) is 0 Å².